The average molecular weight is 228 g/mol. The summed E-state index contributed by atoms with van der Waals surface area (Å²) < 4.78 is 5.49. The Morgan fingerprint density at radius 3 is 2.71 bits per heavy atom. The second kappa shape index (κ2) is 3.07. The minimum absolute atomic E-state index is 0.0468. The van der Waals surface area contributed by atoms with Gasteiger partial charge in [0.15, 0.2) is 0 Å². The SMILES string of the molecule is O[C@@H]1[C@@H]2O[C@@H]2c2c(ccc3ccccc23)[C@H]1O. The van der Waals surface area contributed by atoms with Crippen LogP contribution in [-0.2, 0) is 4.74 Å². The highest BCUT2D eigenvalue weighted by atomic mass is 16.6. The normalized spacial score (nSPS) is 34.2. The van der Waals surface area contributed by atoms with E-state index < -0.39 is 12.2 Å². The Balaban J connectivity index is 2.05. The first-order chi connectivity index (χ1) is 8.27. The van der Waals surface area contributed by atoms with Crippen LogP contribution in [0.1, 0.15) is 23.3 Å². The van der Waals surface area contributed by atoms with E-state index in [1.807, 2.05) is 36.4 Å². The van der Waals surface area contributed by atoms with Crippen LogP contribution in [0.5, 0.6) is 0 Å². The van der Waals surface area contributed by atoms with Crippen molar-refractivity contribution in [2.24, 2.45) is 0 Å². The van der Waals surface area contributed by atoms with Crippen molar-refractivity contribution in [1.82, 2.24) is 0 Å². The van der Waals surface area contributed by atoms with Gasteiger partial charge < -0.3 is 14.9 Å². The minimum Gasteiger partial charge on any atom is -0.387 e. The van der Waals surface area contributed by atoms with E-state index in [0.717, 1.165) is 21.9 Å². The fourth-order valence-electron chi connectivity index (χ4n) is 2.87. The second-order valence-electron chi connectivity index (χ2n) is 4.75. The van der Waals surface area contributed by atoms with E-state index in [0.29, 0.717) is 0 Å². The van der Waals surface area contributed by atoms with E-state index in [4.69, 9.17) is 4.74 Å². The molecule has 0 bridgehead atoms. The molecule has 86 valence electrons. The molecule has 2 aliphatic rings. The van der Waals surface area contributed by atoms with Crippen molar-refractivity contribution in [3.05, 3.63) is 47.5 Å². The van der Waals surface area contributed by atoms with Crippen LogP contribution in [0.4, 0.5) is 0 Å². The summed E-state index contributed by atoms with van der Waals surface area (Å²) in [6.07, 6.45) is -1.91. The molecule has 0 radical (unpaired) electrons. The number of hydrogen-bond donors (Lipinski definition) is 2. The number of hydrogen-bond acceptors (Lipinski definition) is 3. The molecule has 1 aliphatic heterocycles. The van der Waals surface area contributed by atoms with Gasteiger partial charge in [-0.25, -0.2) is 0 Å². The van der Waals surface area contributed by atoms with Gasteiger partial charge in [0, 0.05) is 0 Å². The molecule has 2 aromatic rings. The maximum Gasteiger partial charge on any atom is 0.118 e. The molecule has 1 fully saturated rings. The first kappa shape index (κ1) is 9.59. The molecule has 4 rings (SSSR count). The first-order valence-corrected chi connectivity index (χ1v) is 5.80. The van der Waals surface area contributed by atoms with Gasteiger partial charge in [0.25, 0.3) is 0 Å². The lowest BCUT2D eigenvalue weighted by Crippen LogP contribution is -2.29. The lowest BCUT2D eigenvalue weighted by atomic mass is 9.84. The number of aliphatic hydroxyl groups is 2. The Labute approximate surface area is 98.3 Å². The van der Waals surface area contributed by atoms with Crippen molar-refractivity contribution in [3.63, 3.8) is 0 Å². The van der Waals surface area contributed by atoms with E-state index in [1.165, 1.54) is 0 Å². The monoisotopic (exact) mass is 228 g/mol. The van der Waals surface area contributed by atoms with Gasteiger partial charge >= 0.3 is 0 Å². The zero-order valence-corrected chi connectivity index (χ0v) is 9.08. The zero-order valence-electron chi connectivity index (χ0n) is 9.08. The van der Waals surface area contributed by atoms with Gasteiger partial charge in [0.1, 0.15) is 24.4 Å². The third-order valence-electron chi connectivity index (χ3n) is 3.79. The summed E-state index contributed by atoms with van der Waals surface area (Å²) >= 11 is 0. The molecule has 3 heteroatoms. The van der Waals surface area contributed by atoms with Crippen molar-refractivity contribution in [2.45, 2.75) is 24.4 Å². The molecule has 0 spiro atoms. The van der Waals surface area contributed by atoms with Crippen LogP contribution in [0, 0.1) is 0 Å². The second-order valence-corrected chi connectivity index (χ2v) is 4.75. The summed E-state index contributed by atoms with van der Waals surface area (Å²) in [5, 5.41) is 22.1. The first-order valence-electron chi connectivity index (χ1n) is 5.80. The number of benzene rings is 2. The quantitative estimate of drug-likeness (QED) is 0.675. The Kier molecular flexibility index (Phi) is 1.73. The number of epoxide rings is 1. The lowest BCUT2D eigenvalue weighted by molar-refractivity contribution is 0.000105. The number of fused-ring (bicyclic) bond motifs is 5. The molecule has 0 unspecified atom stereocenters. The molecule has 0 aromatic heterocycles. The number of aliphatic hydroxyl groups excluding tert-OH is 2. The van der Waals surface area contributed by atoms with E-state index >= 15 is 0 Å². The summed E-state index contributed by atoms with van der Waals surface area (Å²) in [6, 6.07) is 11.9. The Morgan fingerprint density at radius 1 is 1.00 bits per heavy atom. The van der Waals surface area contributed by atoms with Crippen LogP contribution in [-0.4, -0.2) is 22.4 Å². The van der Waals surface area contributed by atoms with Gasteiger partial charge in [-0.3, -0.25) is 0 Å². The fraction of sp³-hybridized carbons (Fsp3) is 0.286. The minimum atomic E-state index is -0.835. The highest BCUT2D eigenvalue weighted by molar-refractivity contribution is 5.88. The molecule has 0 saturated carbocycles. The molecular formula is C14H12O3. The molecule has 1 heterocycles. The van der Waals surface area contributed by atoms with Crippen LogP contribution in [0.3, 0.4) is 0 Å². The highest BCUT2D eigenvalue weighted by Crippen LogP contribution is 2.52. The van der Waals surface area contributed by atoms with Crippen molar-refractivity contribution in [2.75, 3.05) is 0 Å². The Hall–Kier alpha value is -1.42. The van der Waals surface area contributed by atoms with Gasteiger partial charge in [-0.15, -0.1) is 0 Å². The van der Waals surface area contributed by atoms with Crippen LogP contribution in [0.2, 0.25) is 0 Å². The van der Waals surface area contributed by atoms with Crippen LogP contribution in [0.15, 0.2) is 36.4 Å². The van der Waals surface area contributed by atoms with Crippen LogP contribution < -0.4 is 0 Å². The lowest BCUT2D eigenvalue weighted by Gasteiger charge is -2.24. The van der Waals surface area contributed by atoms with Crippen molar-refractivity contribution in [1.29, 1.82) is 0 Å². The summed E-state index contributed by atoms with van der Waals surface area (Å²) in [6.45, 7) is 0. The third-order valence-corrected chi connectivity index (χ3v) is 3.79. The highest BCUT2D eigenvalue weighted by Gasteiger charge is 2.54. The van der Waals surface area contributed by atoms with Gasteiger partial charge in [0.2, 0.25) is 0 Å². The summed E-state index contributed by atoms with van der Waals surface area (Å²) in [4.78, 5) is 0. The summed E-state index contributed by atoms with van der Waals surface area (Å²) in [5.41, 5.74) is 1.85. The molecule has 1 aliphatic carbocycles. The Bertz CT molecular complexity index is 607. The smallest absolute Gasteiger partial charge is 0.118 e. The molecule has 0 amide bonds. The summed E-state index contributed by atoms with van der Waals surface area (Å²) in [7, 11) is 0. The molecular weight excluding hydrogens is 216 g/mol. The number of rotatable bonds is 0. The average Bonchev–Trinajstić information content (AvgIpc) is 3.15. The van der Waals surface area contributed by atoms with E-state index in [1.54, 1.807) is 0 Å². The topological polar surface area (TPSA) is 53.0 Å². The molecule has 3 nitrogen and oxygen atoms in total. The predicted molar refractivity (Wildman–Crippen MR) is 62.5 cm³/mol. The summed E-state index contributed by atoms with van der Waals surface area (Å²) in [5.74, 6) is 0. The van der Waals surface area contributed by atoms with E-state index in [-0.39, 0.29) is 12.2 Å². The van der Waals surface area contributed by atoms with Gasteiger partial charge in [0.05, 0.1) is 0 Å². The molecule has 1 saturated heterocycles. The van der Waals surface area contributed by atoms with Gasteiger partial charge in [-0.2, -0.15) is 0 Å². The maximum absolute atomic E-state index is 10.1. The number of ether oxygens (including phenoxy) is 1. The zero-order chi connectivity index (χ0) is 11.6. The van der Waals surface area contributed by atoms with Crippen LogP contribution >= 0.6 is 0 Å². The predicted octanol–water partition coefficient (Wildman–Crippen LogP) is 1.69. The van der Waals surface area contributed by atoms with Gasteiger partial charge in [-0.05, 0) is 21.9 Å². The van der Waals surface area contributed by atoms with E-state index in [2.05, 4.69) is 0 Å². The Morgan fingerprint density at radius 2 is 1.82 bits per heavy atom. The molecule has 17 heavy (non-hydrogen) atoms. The largest absolute Gasteiger partial charge is 0.387 e. The van der Waals surface area contributed by atoms with Crippen LogP contribution in [0.25, 0.3) is 10.8 Å². The third kappa shape index (κ3) is 1.16. The van der Waals surface area contributed by atoms with Gasteiger partial charge in [-0.1, -0.05) is 36.4 Å². The molecule has 2 aromatic carbocycles. The molecule has 4 atom stereocenters. The van der Waals surface area contributed by atoms with Crippen molar-refractivity contribution < 1.29 is 14.9 Å². The fourth-order valence-corrected chi connectivity index (χ4v) is 2.87. The van der Waals surface area contributed by atoms with Crippen molar-refractivity contribution >= 4 is 10.8 Å². The molecule has 2 N–H and O–H groups in total. The standard InChI is InChI=1S/C14H12O3/c15-11-9-6-5-7-3-1-2-4-8(7)10(9)13-14(17-13)12(11)16/h1-6,11-16H/t11-,12+,13-,14+/m1/s1. The van der Waals surface area contributed by atoms with Crippen molar-refractivity contribution in [3.8, 4) is 0 Å². The maximum atomic E-state index is 10.1. The van der Waals surface area contributed by atoms with E-state index in [9.17, 15) is 10.2 Å².